The molecule has 55 heavy (non-hydrogen) atoms. The number of carboxylic acid groups (broad SMARTS) is 3. The number of hydrogen-bond donors (Lipinski definition) is 6. The Balaban J connectivity index is 1.15. The van der Waals surface area contributed by atoms with E-state index in [9.17, 15) is 29.7 Å². The number of hydrogen-bond acceptors (Lipinski definition) is 8. The van der Waals surface area contributed by atoms with Gasteiger partial charge in [0.25, 0.3) is 0 Å². The van der Waals surface area contributed by atoms with Gasteiger partial charge in [-0.25, -0.2) is 0 Å². The van der Waals surface area contributed by atoms with Crippen molar-refractivity contribution in [3.05, 3.63) is 106 Å². The lowest BCUT2D eigenvalue weighted by Crippen LogP contribution is -2.27. The number of fused-ring (bicyclic) bond motifs is 1. The minimum atomic E-state index is -0.763. The van der Waals surface area contributed by atoms with Crippen LogP contribution in [0.4, 0.5) is 0 Å². The van der Waals surface area contributed by atoms with Crippen LogP contribution in [0.3, 0.4) is 0 Å². The quantitative estimate of drug-likeness (QED) is 0.0793. The van der Waals surface area contributed by atoms with Gasteiger partial charge in [-0.05, 0) is 135 Å². The highest BCUT2D eigenvalue weighted by atomic mass is 16.4. The molecule has 0 bridgehead atoms. The van der Waals surface area contributed by atoms with Crippen LogP contribution in [0.15, 0.2) is 77.4 Å². The number of furan rings is 1. The summed E-state index contributed by atoms with van der Waals surface area (Å²) in [4.78, 5) is 39.3. The van der Waals surface area contributed by atoms with Gasteiger partial charge in [0.15, 0.2) is 0 Å². The fraction of sp³-hybridized carbons (Fsp3) is 0.477. The Hall–Kier alpha value is -4.55. The van der Waals surface area contributed by atoms with E-state index in [2.05, 4.69) is 51.2 Å². The molecule has 11 heteroatoms. The Morgan fingerprint density at radius 3 is 1.45 bits per heavy atom. The van der Waals surface area contributed by atoms with Crippen molar-refractivity contribution in [2.75, 3.05) is 39.3 Å². The molecular weight excluding hydrogens is 697 g/mol. The molecule has 0 saturated carbocycles. The lowest BCUT2D eigenvalue weighted by atomic mass is 9.86. The van der Waals surface area contributed by atoms with Crippen LogP contribution in [0.25, 0.3) is 11.0 Å². The smallest absolute Gasteiger partial charge is 0.307 e. The van der Waals surface area contributed by atoms with Crippen molar-refractivity contribution in [1.29, 1.82) is 0 Å². The van der Waals surface area contributed by atoms with Crippen LogP contribution in [0.2, 0.25) is 0 Å². The summed E-state index contributed by atoms with van der Waals surface area (Å²) in [5, 5.41) is 41.2. The van der Waals surface area contributed by atoms with Crippen LogP contribution < -0.4 is 16.0 Å². The highest BCUT2D eigenvalue weighted by Gasteiger charge is 2.33. The lowest BCUT2D eigenvalue weighted by molar-refractivity contribution is -0.144. The Bertz CT molecular complexity index is 1860. The monoisotopic (exact) mass is 750 g/mol. The van der Waals surface area contributed by atoms with Crippen LogP contribution in [0.1, 0.15) is 52.6 Å². The maximum absolute atomic E-state index is 12.3. The highest BCUT2D eigenvalue weighted by molar-refractivity contribution is 5.82. The summed E-state index contributed by atoms with van der Waals surface area (Å²) < 4.78 is 6.05. The van der Waals surface area contributed by atoms with Crippen molar-refractivity contribution >= 4 is 28.9 Å². The predicted octanol–water partition coefficient (Wildman–Crippen LogP) is 5.19. The van der Waals surface area contributed by atoms with Gasteiger partial charge in [0.1, 0.15) is 5.58 Å². The summed E-state index contributed by atoms with van der Waals surface area (Å²) in [7, 11) is 0. The molecule has 6 atom stereocenters. The molecule has 3 saturated heterocycles. The minimum absolute atomic E-state index is 0.0975. The fourth-order valence-electron chi connectivity index (χ4n) is 9.20. The van der Waals surface area contributed by atoms with Crippen LogP contribution in [0, 0.1) is 35.5 Å². The standard InChI is InChI=1S/C44H54N4O7/c49-42(50)38(33-9-12-45-21-33)18-28-3-1-5-31(15-28)24-48(25-32-6-2-4-29(16-32)19-39(43(51)52)34-10-13-46-22-34)26-36-27-55-41-8-7-30(17-37(36)41)20-40(44(53)54)35-11-14-47-23-35/h1-8,15-17,27,33-35,38-40,45-47H,9-14,18-26H2,(H,49,50)(H,51,52)(H,53,54)/t33-,34-,35-,38-,39-,40-/m0/s1. The molecule has 3 aliphatic heterocycles. The molecule has 7 rings (SSSR count). The molecule has 1 aromatic heterocycles. The second-order valence-corrected chi connectivity index (χ2v) is 16.1. The Labute approximate surface area is 322 Å². The molecular formula is C44H54N4O7. The molecule has 0 radical (unpaired) electrons. The lowest BCUT2D eigenvalue weighted by Gasteiger charge is -2.24. The van der Waals surface area contributed by atoms with E-state index in [-0.39, 0.29) is 17.8 Å². The number of rotatable bonds is 18. The summed E-state index contributed by atoms with van der Waals surface area (Å²) in [5.41, 5.74) is 6.87. The molecule has 3 fully saturated rings. The van der Waals surface area contributed by atoms with E-state index in [0.29, 0.717) is 38.9 Å². The second kappa shape index (κ2) is 17.9. The average molecular weight is 751 g/mol. The fourth-order valence-corrected chi connectivity index (χ4v) is 9.20. The van der Waals surface area contributed by atoms with Gasteiger partial charge in [0.05, 0.1) is 24.0 Å². The normalized spacial score (nSPS) is 21.6. The molecule has 0 spiro atoms. The number of carboxylic acids is 3. The molecule has 3 aromatic carbocycles. The first-order chi connectivity index (χ1) is 26.7. The SMILES string of the molecule is O=C(O)[C@@H](Cc1cccc(CN(Cc2cccc(C[C@H](C(=O)O)[C@H]3CCNC3)c2)Cc2coc3ccc(C[C@H](C(=O)O)[C@H]4CCNC4)cc23)c1)[C@H]1CCNC1. The van der Waals surface area contributed by atoms with Crippen molar-refractivity contribution in [2.45, 2.75) is 58.2 Å². The molecule has 0 unspecified atom stereocenters. The first-order valence-corrected chi connectivity index (χ1v) is 19.9. The van der Waals surface area contributed by atoms with Crippen molar-refractivity contribution in [2.24, 2.45) is 35.5 Å². The maximum Gasteiger partial charge on any atom is 0.307 e. The number of benzene rings is 3. The van der Waals surface area contributed by atoms with Gasteiger partial charge in [-0.2, -0.15) is 0 Å². The molecule has 0 aliphatic carbocycles. The maximum atomic E-state index is 12.3. The van der Waals surface area contributed by atoms with Gasteiger partial charge in [-0.3, -0.25) is 19.3 Å². The zero-order valence-corrected chi connectivity index (χ0v) is 31.4. The number of carbonyl (C=O) groups is 3. The van der Waals surface area contributed by atoms with Gasteiger partial charge >= 0.3 is 17.9 Å². The van der Waals surface area contributed by atoms with Crippen molar-refractivity contribution in [3.8, 4) is 0 Å². The number of aliphatic carboxylic acids is 3. The topological polar surface area (TPSA) is 164 Å². The van der Waals surface area contributed by atoms with Gasteiger partial charge in [-0.1, -0.05) is 54.6 Å². The third kappa shape index (κ3) is 9.83. The molecule has 4 aromatic rings. The van der Waals surface area contributed by atoms with E-state index in [0.717, 1.165) is 103 Å². The van der Waals surface area contributed by atoms with Gasteiger partial charge in [0, 0.05) is 30.6 Å². The van der Waals surface area contributed by atoms with E-state index < -0.39 is 35.7 Å². The van der Waals surface area contributed by atoms with Gasteiger partial charge in [-0.15, -0.1) is 0 Å². The largest absolute Gasteiger partial charge is 0.481 e. The summed E-state index contributed by atoms with van der Waals surface area (Å²) >= 11 is 0. The molecule has 3 aliphatic rings. The van der Waals surface area contributed by atoms with E-state index >= 15 is 0 Å². The van der Waals surface area contributed by atoms with Crippen molar-refractivity contribution < 1.29 is 34.1 Å². The van der Waals surface area contributed by atoms with Gasteiger partial charge < -0.3 is 35.7 Å². The van der Waals surface area contributed by atoms with Crippen LogP contribution in [-0.4, -0.2) is 77.4 Å². The molecule has 292 valence electrons. The Kier molecular flexibility index (Phi) is 12.6. The average Bonchev–Trinajstić information content (AvgIpc) is 4.01. The molecule has 11 nitrogen and oxygen atoms in total. The van der Waals surface area contributed by atoms with E-state index in [1.165, 1.54) is 0 Å². The third-order valence-electron chi connectivity index (χ3n) is 12.2. The Morgan fingerprint density at radius 1 is 0.600 bits per heavy atom. The van der Waals surface area contributed by atoms with E-state index in [1.54, 1.807) is 6.26 Å². The number of nitrogens with one attached hydrogen (secondary N) is 3. The van der Waals surface area contributed by atoms with Crippen molar-refractivity contribution in [3.63, 3.8) is 0 Å². The minimum Gasteiger partial charge on any atom is -0.481 e. The van der Waals surface area contributed by atoms with Crippen LogP contribution in [0.5, 0.6) is 0 Å². The molecule has 6 N–H and O–H groups in total. The second-order valence-electron chi connectivity index (χ2n) is 16.1. The zero-order valence-electron chi connectivity index (χ0n) is 31.4. The first kappa shape index (κ1) is 38.7. The van der Waals surface area contributed by atoms with Crippen LogP contribution >= 0.6 is 0 Å². The predicted molar refractivity (Wildman–Crippen MR) is 209 cm³/mol. The summed E-state index contributed by atoms with van der Waals surface area (Å²) in [5.74, 6) is -3.32. The summed E-state index contributed by atoms with van der Waals surface area (Å²) in [6.07, 6.45) is 5.78. The van der Waals surface area contributed by atoms with Crippen molar-refractivity contribution in [1.82, 2.24) is 20.9 Å². The third-order valence-corrected chi connectivity index (χ3v) is 12.2. The van der Waals surface area contributed by atoms with E-state index in [1.807, 2.05) is 36.4 Å². The van der Waals surface area contributed by atoms with E-state index in [4.69, 9.17) is 4.42 Å². The molecule has 0 amide bonds. The zero-order chi connectivity index (χ0) is 38.3. The van der Waals surface area contributed by atoms with Gasteiger partial charge in [0.2, 0.25) is 0 Å². The Morgan fingerprint density at radius 2 is 1.04 bits per heavy atom. The molecule has 4 heterocycles. The summed E-state index contributed by atoms with van der Waals surface area (Å²) in [6.45, 7) is 6.45. The van der Waals surface area contributed by atoms with Crippen LogP contribution in [-0.2, 0) is 53.3 Å². The summed E-state index contributed by atoms with van der Waals surface area (Å²) in [6, 6.07) is 22.5. The first-order valence-electron chi connectivity index (χ1n) is 19.9. The number of nitrogens with zero attached hydrogens (tertiary/aromatic N) is 1. The highest BCUT2D eigenvalue weighted by Crippen LogP contribution is 2.30.